The lowest BCUT2D eigenvalue weighted by molar-refractivity contribution is 0.437. The number of rotatable bonds is 14. The van der Waals surface area contributed by atoms with Gasteiger partial charge in [0, 0.05) is 0 Å². The minimum absolute atomic E-state index is 0.802. The molecule has 0 aliphatic heterocycles. The maximum absolute atomic E-state index is 2.45. The zero-order valence-corrected chi connectivity index (χ0v) is 26.0. The fraction of sp³-hybridized carbons (Fsp3) is 0.579. The summed E-state index contributed by atoms with van der Waals surface area (Å²) in [6.07, 6.45) is 13.2. The van der Waals surface area contributed by atoms with Crippen LogP contribution in [0.1, 0.15) is 118 Å². The Hall–Kier alpha value is -2.08. The van der Waals surface area contributed by atoms with Gasteiger partial charge in [-0.1, -0.05) is 142 Å². The molecule has 0 spiro atoms. The molecule has 0 amide bonds. The van der Waals surface area contributed by atoms with E-state index in [0.29, 0.717) is 0 Å². The van der Waals surface area contributed by atoms with E-state index in [2.05, 4.69) is 90.1 Å². The summed E-state index contributed by atoms with van der Waals surface area (Å²) in [7, 11) is 0. The molecule has 0 aliphatic carbocycles. The second-order valence-electron chi connectivity index (χ2n) is 12.8. The van der Waals surface area contributed by atoms with Crippen molar-refractivity contribution < 1.29 is 0 Å². The van der Waals surface area contributed by atoms with E-state index in [1.165, 1.54) is 108 Å². The lowest BCUT2D eigenvalue weighted by atomic mass is 9.86. The summed E-state index contributed by atoms with van der Waals surface area (Å²) in [5, 5.41) is 8.77. The Labute approximate surface area is 234 Å². The first-order valence-corrected chi connectivity index (χ1v) is 16.0. The molecular weight excluding hydrogens is 456 g/mol. The van der Waals surface area contributed by atoms with Gasteiger partial charge in [0.15, 0.2) is 0 Å². The molecule has 0 radical (unpaired) electrons. The zero-order valence-electron chi connectivity index (χ0n) is 26.0. The van der Waals surface area contributed by atoms with Gasteiger partial charge in [-0.2, -0.15) is 0 Å². The Bertz CT molecular complexity index is 1130. The molecule has 0 aromatic heterocycles. The number of hydrogen-bond acceptors (Lipinski definition) is 0. The van der Waals surface area contributed by atoms with Gasteiger partial charge in [-0.25, -0.2) is 0 Å². The van der Waals surface area contributed by atoms with Crippen LogP contribution in [0.25, 0.3) is 32.3 Å². The monoisotopic (exact) mass is 512 g/mol. The molecule has 0 N–H and O–H groups in total. The molecular formula is C38H56. The first-order valence-electron chi connectivity index (χ1n) is 16.0. The van der Waals surface area contributed by atoms with Crippen LogP contribution in [-0.4, -0.2) is 0 Å². The quantitative estimate of drug-likeness (QED) is 0.147. The highest BCUT2D eigenvalue weighted by molar-refractivity contribution is 6.24. The van der Waals surface area contributed by atoms with Crippen molar-refractivity contribution in [3.8, 4) is 0 Å². The van der Waals surface area contributed by atoms with Crippen LogP contribution in [0.5, 0.6) is 0 Å². The summed E-state index contributed by atoms with van der Waals surface area (Å²) >= 11 is 0. The lowest BCUT2D eigenvalue weighted by Gasteiger charge is -2.18. The van der Waals surface area contributed by atoms with Crippen LogP contribution >= 0.6 is 0 Å². The van der Waals surface area contributed by atoms with Crippen molar-refractivity contribution in [3.05, 3.63) is 59.7 Å². The molecule has 208 valence electrons. The molecule has 2 unspecified atom stereocenters. The third-order valence-corrected chi connectivity index (χ3v) is 8.61. The van der Waals surface area contributed by atoms with E-state index in [0.717, 1.165) is 23.7 Å². The lowest BCUT2D eigenvalue weighted by Crippen LogP contribution is -2.01. The van der Waals surface area contributed by atoms with Gasteiger partial charge in [-0.05, 0) is 92.8 Å². The van der Waals surface area contributed by atoms with Crippen LogP contribution < -0.4 is 0 Å². The van der Waals surface area contributed by atoms with Crippen LogP contribution in [0.4, 0.5) is 0 Å². The Balaban J connectivity index is 0.00000195. The van der Waals surface area contributed by atoms with Crippen LogP contribution in [0.3, 0.4) is 0 Å². The summed E-state index contributed by atoms with van der Waals surface area (Å²) in [5.41, 5.74) is 3.08. The van der Waals surface area contributed by atoms with Crippen LogP contribution in [0.2, 0.25) is 0 Å². The van der Waals surface area contributed by atoms with Crippen molar-refractivity contribution in [2.45, 2.75) is 120 Å². The van der Waals surface area contributed by atoms with Gasteiger partial charge >= 0.3 is 0 Å². The van der Waals surface area contributed by atoms with Gasteiger partial charge in [0.2, 0.25) is 0 Å². The normalized spacial score (nSPS) is 13.5. The van der Waals surface area contributed by atoms with Gasteiger partial charge in [-0.15, -0.1) is 0 Å². The van der Waals surface area contributed by atoms with E-state index in [9.17, 15) is 0 Å². The Kier molecular flexibility index (Phi) is 11.9. The van der Waals surface area contributed by atoms with E-state index < -0.39 is 0 Å². The summed E-state index contributed by atoms with van der Waals surface area (Å²) in [5.74, 6) is 3.26. The van der Waals surface area contributed by atoms with E-state index in [4.69, 9.17) is 0 Å². The van der Waals surface area contributed by atoms with Gasteiger partial charge in [0.1, 0.15) is 0 Å². The molecule has 0 bridgehead atoms. The number of aryl methyl sites for hydroxylation is 2. The maximum Gasteiger partial charge on any atom is -0.00239 e. The Morgan fingerprint density at radius 2 is 0.816 bits per heavy atom. The third kappa shape index (κ3) is 7.97. The molecule has 0 aliphatic rings. The minimum Gasteiger partial charge on any atom is -0.0683 e. The standard InChI is InChI=1S/C36H50.C2H6/c1-25(2)9-7-11-27(5)13-15-29-17-19-31-22-24-34-30(16-14-28(6)12-8-10-26(3)4)18-20-32-21-23-33(29)35(31)36(32)34;1-2/h17-28H,7-16H2,1-6H3;1-2H3. The van der Waals surface area contributed by atoms with Crippen molar-refractivity contribution in [1.29, 1.82) is 0 Å². The third-order valence-electron chi connectivity index (χ3n) is 8.61. The highest BCUT2D eigenvalue weighted by Gasteiger charge is 2.14. The molecule has 38 heavy (non-hydrogen) atoms. The van der Waals surface area contributed by atoms with E-state index in [1.807, 2.05) is 13.8 Å². The molecule has 0 heteroatoms. The zero-order chi connectivity index (χ0) is 27.7. The van der Waals surface area contributed by atoms with E-state index >= 15 is 0 Å². The molecule has 4 aromatic carbocycles. The van der Waals surface area contributed by atoms with Crippen molar-refractivity contribution in [3.63, 3.8) is 0 Å². The van der Waals surface area contributed by atoms with E-state index in [1.54, 1.807) is 0 Å². The molecule has 2 atom stereocenters. The summed E-state index contributed by atoms with van der Waals surface area (Å²) < 4.78 is 0. The predicted octanol–water partition coefficient (Wildman–Crippen LogP) is 12.4. The van der Waals surface area contributed by atoms with Gasteiger partial charge in [0.05, 0.1) is 0 Å². The van der Waals surface area contributed by atoms with Gasteiger partial charge < -0.3 is 0 Å². The Morgan fingerprint density at radius 3 is 1.18 bits per heavy atom. The first kappa shape index (κ1) is 30.5. The van der Waals surface area contributed by atoms with Crippen LogP contribution in [0, 0.1) is 23.7 Å². The molecule has 4 rings (SSSR count). The van der Waals surface area contributed by atoms with Gasteiger partial charge in [0.25, 0.3) is 0 Å². The van der Waals surface area contributed by atoms with Crippen LogP contribution in [-0.2, 0) is 12.8 Å². The van der Waals surface area contributed by atoms with Crippen molar-refractivity contribution in [1.82, 2.24) is 0 Å². The minimum atomic E-state index is 0.802. The highest BCUT2D eigenvalue weighted by Crippen LogP contribution is 2.38. The average molecular weight is 513 g/mol. The van der Waals surface area contributed by atoms with Crippen molar-refractivity contribution in [2.75, 3.05) is 0 Å². The summed E-state index contributed by atoms with van der Waals surface area (Å²) in [6, 6.07) is 19.1. The molecule has 0 saturated heterocycles. The van der Waals surface area contributed by atoms with Crippen molar-refractivity contribution in [2.24, 2.45) is 23.7 Å². The SMILES string of the molecule is CC.CC(C)CCCC(C)CCc1ccc2ccc3c(CCC(C)CCCC(C)C)ccc4ccc1c2c43. The van der Waals surface area contributed by atoms with Crippen LogP contribution in [0.15, 0.2) is 48.5 Å². The van der Waals surface area contributed by atoms with Crippen molar-refractivity contribution >= 4 is 32.3 Å². The second kappa shape index (κ2) is 14.9. The molecule has 0 fully saturated rings. The molecule has 0 saturated carbocycles. The molecule has 0 heterocycles. The summed E-state index contributed by atoms with van der Waals surface area (Å²) in [4.78, 5) is 0. The van der Waals surface area contributed by atoms with E-state index in [-0.39, 0.29) is 0 Å². The van der Waals surface area contributed by atoms with Gasteiger partial charge in [-0.3, -0.25) is 0 Å². The Morgan fingerprint density at radius 1 is 0.447 bits per heavy atom. The smallest absolute Gasteiger partial charge is 0.00239 e. The second-order valence-corrected chi connectivity index (χ2v) is 12.8. The topological polar surface area (TPSA) is 0 Å². The predicted molar refractivity (Wildman–Crippen MR) is 174 cm³/mol. The largest absolute Gasteiger partial charge is 0.0683 e. The average Bonchev–Trinajstić information content (AvgIpc) is 2.90. The fourth-order valence-corrected chi connectivity index (χ4v) is 6.20. The summed E-state index contributed by atoms with van der Waals surface area (Å²) in [6.45, 7) is 18.3. The highest BCUT2D eigenvalue weighted by atomic mass is 14.2. The number of hydrogen-bond donors (Lipinski definition) is 0. The molecule has 4 aromatic rings. The number of benzene rings is 4. The maximum atomic E-state index is 2.45. The first-order chi connectivity index (χ1) is 18.3. The fourth-order valence-electron chi connectivity index (χ4n) is 6.20. The molecule has 0 nitrogen and oxygen atoms in total.